The monoisotopic (exact) mass is 522 g/mol. The third-order valence-corrected chi connectivity index (χ3v) is 10.8. The molecule has 0 heterocycles. The predicted octanol–water partition coefficient (Wildman–Crippen LogP) is 8.42. The molecular formula is C35H54O3. The van der Waals surface area contributed by atoms with Gasteiger partial charge in [-0.15, -0.1) is 0 Å². The van der Waals surface area contributed by atoms with Gasteiger partial charge in [-0.1, -0.05) is 82.9 Å². The van der Waals surface area contributed by atoms with Gasteiger partial charge in [-0.05, 0) is 98.5 Å². The van der Waals surface area contributed by atoms with E-state index in [-0.39, 0.29) is 5.41 Å². The molecule has 4 aliphatic rings. The molecule has 0 aromatic heterocycles. The van der Waals surface area contributed by atoms with Gasteiger partial charge in [0.1, 0.15) is 5.78 Å². The Morgan fingerprint density at radius 2 is 1.87 bits per heavy atom. The number of hydrogen-bond acceptors (Lipinski definition) is 3. The average molecular weight is 523 g/mol. The SMILES string of the molecule is C=C1C(=CC=C2CCC[C@]3(C)[C@@H]([C@H](C)C=CCC4(C(=O)CCCCCCC)CC4)CC[C@@H]23)C[C@@H](O)C[C@@H]1O. The molecule has 212 valence electrons. The fraction of sp³-hybridized carbons (Fsp3) is 0.743. The number of carbonyl (C=O) groups is 1. The zero-order chi connectivity index (χ0) is 27.3. The number of fused-ring (bicyclic) bond motifs is 1. The molecule has 0 saturated heterocycles. The summed E-state index contributed by atoms with van der Waals surface area (Å²) < 4.78 is 0. The second-order valence-corrected chi connectivity index (χ2v) is 13.5. The van der Waals surface area contributed by atoms with Crippen LogP contribution in [0.1, 0.15) is 124 Å². The first kappa shape index (κ1) is 29.5. The van der Waals surface area contributed by atoms with Crippen molar-refractivity contribution in [3.8, 4) is 0 Å². The summed E-state index contributed by atoms with van der Waals surface area (Å²) in [6.07, 6.45) is 25.3. The van der Waals surface area contributed by atoms with E-state index in [1.54, 1.807) is 5.57 Å². The number of allylic oxidation sites excluding steroid dienone is 5. The molecule has 6 atom stereocenters. The molecule has 3 heteroatoms. The van der Waals surface area contributed by atoms with Crippen molar-refractivity contribution in [2.24, 2.45) is 28.6 Å². The maximum Gasteiger partial charge on any atom is 0.139 e. The lowest BCUT2D eigenvalue weighted by Gasteiger charge is -2.44. The number of ketones is 1. The van der Waals surface area contributed by atoms with E-state index >= 15 is 0 Å². The Balaban J connectivity index is 1.34. The van der Waals surface area contributed by atoms with E-state index in [2.05, 4.69) is 51.7 Å². The highest BCUT2D eigenvalue weighted by Crippen LogP contribution is 2.59. The number of aliphatic hydroxyl groups excluding tert-OH is 2. The molecule has 38 heavy (non-hydrogen) atoms. The normalized spacial score (nSPS) is 35.7. The highest BCUT2D eigenvalue weighted by molar-refractivity contribution is 5.87. The van der Waals surface area contributed by atoms with Gasteiger partial charge in [0.2, 0.25) is 0 Å². The minimum Gasteiger partial charge on any atom is -0.393 e. The van der Waals surface area contributed by atoms with Crippen molar-refractivity contribution in [2.75, 3.05) is 0 Å². The minimum atomic E-state index is -0.626. The minimum absolute atomic E-state index is 0.0262. The molecule has 0 aromatic rings. The largest absolute Gasteiger partial charge is 0.393 e. The summed E-state index contributed by atoms with van der Waals surface area (Å²) in [4.78, 5) is 12.9. The lowest BCUT2D eigenvalue weighted by atomic mass is 9.61. The first-order chi connectivity index (χ1) is 18.2. The Bertz CT molecular complexity index is 935. The third-order valence-electron chi connectivity index (χ3n) is 10.8. The quantitative estimate of drug-likeness (QED) is 0.200. The molecule has 4 rings (SSSR count). The molecular weight excluding hydrogens is 468 g/mol. The summed E-state index contributed by atoms with van der Waals surface area (Å²) in [5.74, 6) is 2.35. The van der Waals surface area contributed by atoms with Crippen molar-refractivity contribution in [1.29, 1.82) is 0 Å². The van der Waals surface area contributed by atoms with Gasteiger partial charge >= 0.3 is 0 Å². The number of carbonyl (C=O) groups excluding carboxylic acids is 1. The van der Waals surface area contributed by atoms with Gasteiger partial charge in [-0.2, -0.15) is 0 Å². The summed E-state index contributed by atoms with van der Waals surface area (Å²) in [6, 6.07) is 0. The summed E-state index contributed by atoms with van der Waals surface area (Å²) in [7, 11) is 0. The van der Waals surface area contributed by atoms with E-state index in [0.717, 1.165) is 49.7 Å². The smallest absolute Gasteiger partial charge is 0.139 e. The first-order valence-corrected chi connectivity index (χ1v) is 15.8. The number of rotatable bonds is 12. The summed E-state index contributed by atoms with van der Waals surface area (Å²) >= 11 is 0. The fourth-order valence-corrected chi connectivity index (χ4v) is 8.15. The molecule has 3 nitrogen and oxygen atoms in total. The Morgan fingerprint density at radius 1 is 1.11 bits per heavy atom. The fourth-order valence-electron chi connectivity index (χ4n) is 8.15. The second-order valence-electron chi connectivity index (χ2n) is 13.5. The van der Waals surface area contributed by atoms with Gasteiger partial charge in [0.25, 0.3) is 0 Å². The first-order valence-electron chi connectivity index (χ1n) is 15.8. The molecule has 0 aromatic carbocycles. The van der Waals surface area contributed by atoms with Crippen LogP contribution in [-0.4, -0.2) is 28.2 Å². The van der Waals surface area contributed by atoms with Gasteiger partial charge in [-0.25, -0.2) is 0 Å². The highest BCUT2D eigenvalue weighted by atomic mass is 16.3. The van der Waals surface area contributed by atoms with Crippen molar-refractivity contribution >= 4 is 5.78 Å². The van der Waals surface area contributed by atoms with E-state index in [4.69, 9.17) is 0 Å². The Kier molecular flexibility index (Phi) is 9.96. The van der Waals surface area contributed by atoms with Crippen molar-refractivity contribution in [3.63, 3.8) is 0 Å². The molecule has 0 bridgehead atoms. The maximum absolute atomic E-state index is 12.9. The zero-order valence-electron chi connectivity index (χ0n) is 24.5. The van der Waals surface area contributed by atoms with E-state index in [9.17, 15) is 15.0 Å². The topological polar surface area (TPSA) is 57.5 Å². The molecule has 4 aliphatic carbocycles. The predicted molar refractivity (Wildman–Crippen MR) is 158 cm³/mol. The van der Waals surface area contributed by atoms with Crippen molar-refractivity contribution in [1.82, 2.24) is 0 Å². The van der Waals surface area contributed by atoms with E-state index < -0.39 is 12.2 Å². The van der Waals surface area contributed by atoms with Crippen LogP contribution in [0.5, 0.6) is 0 Å². The number of hydrogen-bond donors (Lipinski definition) is 2. The van der Waals surface area contributed by atoms with Crippen LogP contribution in [0, 0.1) is 28.6 Å². The zero-order valence-corrected chi connectivity index (χ0v) is 24.5. The van der Waals surface area contributed by atoms with Gasteiger partial charge in [0, 0.05) is 18.3 Å². The van der Waals surface area contributed by atoms with E-state index in [0.29, 0.717) is 41.8 Å². The Hall–Kier alpha value is -1.45. The molecule has 0 radical (unpaired) electrons. The van der Waals surface area contributed by atoms with Gasteiger partial charge in [-0.3, -0.25) is 4.79 Å². The second kappa shape index (κ2) is 12.8. The molecule has 4 saturated carbocycles. The molecule has 2 N–H and O–H groups in total. The highest BCUT2D eigenvalue weighted by Gasteiger charge is 2.51. The lowest BCUT2D eigenvalue weighted by molar-refractivity contribution is -0.124. The van der Waals surface area contributed by atoms with Crippen LogP contribution in [0.4, 0.5) is 0 Å². The molecule has 0 amide bonds. The van der Waals surface area contributed by atoms with Crippen molar-refractivity contribution in [3.05, 3.63) is 47.6 Å². The van der Waals surface area contributed by atoms with Crippen LogP contribution in [0.3, 0.4) is 0 Å². The molecule has 0 unspecified atom stereocenters. The van der Waals surface area contributed by atoms with Crippen LogP contribution in [0.25, 0.3) is 0 Å². The summed E-state index contributed by atoms with van der Waals surface area (Å²) in [5, 5.41) is 20.3. The molecule has 4 fully saturated rings. The van der Waals surface area contributed by atoms with Gasteiger partial charge in [0.05, 0.1) is 12.2 Å². The molecule has 0 aliphatic heterocycles. The summed E-state index contributed by atoms with van der Waals surface area (Å²) in [6.45, 7) is 11.3. The third kappa shape index (κ3) is 6.64. The number of Topliss-reactive ketones (excluding diaryl/α,β-unsaturated/α-hetero) is 1. The van der Waals surface area contributed by atoms with Crippen molar-refractivity contribution in [2.45, 2.75) is 136 Å². The van der Waals surface area contributed by atoms with Gasteiger partial charge in [0.15, 0.2) is 0 Å². The maximum atomic E-state index is 12.9. The van der Waals surface area contributed by atoms with E-state index in [1.165, 1.54) is 51.4 Å². The van der Waals surface area contributed by atoms with E-state index in [1.807, 2.05) is 0 Å². The molecule has 0 spiro atoms. The Morgan fingerprint density at radius 3 is 2.61 bits per heavy atom. The Labute approximate surface area is 232 Å². The van der Waals surface area contributed by atoms with Crippen LogP contribution in [0.2, 0.25) is 0 Å². The standard InChI is InChI=1S/C35H54O3/c1-5-6-7-8-9-14-33(38)35(21-22-35)20-10-12-25(2)30-17-18-31-27(13-11-19-34(30,31)4)15-16-28-23-29(36)24-32(37)26(28)3/h10,12,15-16,25,29-32,36-37H,3,5-9,11,13-14,17-24H2,1-2,4H3/t25-,29-,30-,31+,32+,34-/m1/s1. The van der Waals surface area contributed by atoms with Crippen LogP contribution in [0.15, 0.2) is 47.6 Å². The summed E-state index contributed by atoms with van der Waals surface area (Å²) in [5.41, 5.74) is 3.62. The van der Waals surface area contributed by atoms with Crippen LogP contribution in [-0.2, 0) is 4.79 Å². The van der Waals surface area contributed by atoms with Gasteiger partial charge < -0.3 is 10.2 Å². The lowest BCUT2D eigenvalue weighted by Crippen LogP contribution is -2.35. The number of aliphatic hydroxyl groups is 2. The van der Waals surface area contributed by atoms with Crippen LogP contribution < -0.4 is 0 Å². The van der Waals surface area contributed by atoms with Crippen molar-refractivity contribution < 1.29 is 15.0 Å². The van der Waals surface area contributed by atoms with Crippen LogP contribution >= 0.6 is 0 Å². The average Bonchev–Trinajstić information content (AvgIpc) is 3.58. The number of unbranched alkanes of at least 4 members (excludes halogenated alkanes) is 4.